The molecular weight excluding hydrogens is 312 g/mol. The summed E-state index contributed by atoms with van der Waals surface area (Å²) in [5, 5.41) is 8.72. The molecule has 0 aliphatic heterocycles. The van der Waals surface area contributed by atoms with Crippen LogP contribution in [-0.2, 0) is 10.1 Å². The normalized spacial score (nSPS) is 11.2. The van der Waals surface area contributed by atoms with Crippen molar-refractivity contribution < 1.29 is 22.5 Å². The van der Waals surface area contributed by atoms with Gasteiger partial charge in [0.15, 0.2) is 4.21 Å². The molecule has 0 fully saturated rings. The van der Waals surface area contributed by atoms with E-state index < -0.39 is 16.1 Å². The lowest BCUT2D eigenvalue weighted by Crippen LogP contribution is -2.08. The number of rotatable bonds is 4. The highest BCUT2D eigenvalue weighted by molar-refractivity contribution is 7.89. The van der Waals surface area contributed by atoms with Crippen LogP contribution in [-0.4, -0.2) is 19.5 Å². The van der Waals surface area contributed by atoms with E-state index in [2.05, 4.69) is 0 Å². The van der Waals surface area contributed by atoms with E-state index in [4.69, 9.17) is 20.9 Å². The fourth-order valence-electron chi connectivity index (χ4n) is 1.25. The molecule has 19 heavy (non-hydrogen) atoms. The highest BCUT2D eigenvalue weighted by atomic mass is 35.5. The third-order valence-electron chi connectivity index (χ3n) is 2.10. The Morgan fingerprint density at radius 3 is 2.26 bits per heavy atom. The molecule has 1 N–H and O–H groups in total. The number of carboxylic acid groups (broad SMARTS) is 1. The van der Waals surface area contributed by atoms with Crippen LogP contribution < -0.4 is 4.18 Å². The van der Waals surface area contributed by atoms with E-state index in [0.29, 0.717) is 4.34 Å². The molecular formula is C11H7ClO5S2. The maximum atomic E-state index is 11.8. The van der Waals surface area contributed by atoms with E-state index >= 15 is 0 Å². The first kappa shape index (κ1) is 13.9. The minimum absolute atomic E-state index is 0.0141. The number of aromatic carboxylic acids is 1. The van der Waals surface area contributed by atoms with Crippen molar-refractivity contribution in [2.75, 3.05) is 0 Å². The molecule has 100 valence electrons. The van der Waals surface area contributed by atoms with Crippen LogP contribution in [0.25, 0.3) is 0 Å². The van der Waals surface area contributed by atoms with Crippen molar-refractivity contribution in [2.24, 2.45) is 0 Å². The number of carboxylic acids is 1. The highest BCUT2D eigenvalue weighted by Gasteiger charge is 2.19. The van der Waals surface area contributed by atoms with E-state index in [0.717, 1.165) is 11.3 Å². The van der Waals surface area contributed by atoms with Gasteiger partial charge in [-0.3, -0.25) is 0 Å². The van der Waals surface area contributed by atoms with Crippen molar-refractivity contribution in [1.82, 2.24) is 0 Å². The van der Waals surface area contributed by atoms with E-state index in [9.17, 15) is 13.2 Å². The van der Waals surface area contributed by atoms with Gasteiger partial charge in [0.2, 0.25) is 0 Å². The highest BCUT2D eigenvalue weighted by Crippen LogP contribution is 2.28. The quantitative estimate of drug-likeness (QED) is 0.877. The number of halogens is 1. The van der Waals surface area contributed by atoms with Crippen LogP contribution in [0.1, 0.15) is 10.4 Å². The molecule has 1 heterocycles. The lowest BCUT2D eigenvalue weighted by molar-refractivity contribution is 0.0697. The number of carbonyl (C=O) groups is 1. The lowest BCUT2D eigenvalue weighted by atomic mass is 10.2. The molecule has 2 aromatic rings. The summed E-state index contributed by atoms with van der Waals surface area (Å²) in [5.74, 6) is -1.06. The molecule has 1 aromatic heterocycles. The van der Waals surface area contributed by atoms with Gasteiger partial charge in [0.05, 0.1) is 9.90 Å². The largest absolute Gasteiger partial charge is 0.478 e. The predicted octanol–water partition coefficient (Wildman–Crippen LogP) is 2.87. The minimum atomic E-state index is -3.94. The lowest BCUT2D eigenvalue weighted by Gasteiger charge is -2.05. The fraction of sp³-hybridized carbons (Fsp3) is 0. The summed E-state index contributed by atoms with van der Waals surface area (Å²) >= 11 is 6.54. The molecule has 0 aliphatic carbocycles. The second-order valence-electron chi connectivity index (χ2n) is 3.43. The van der Waals surface area contributed by atoms with E-state index in [1.165, 1.54) is 36.4 Å². The molecule has 8 heteroatoms. The summed E-state index contributed by atoms with van der Waals surface area (Å²) in [6.07, 6.45) is 0. The Balaban J connectivity index is 2.23. The molecule has 0 unspecified atom stereocenters. The molecule has 0 saturated heterocycles. The van der Waals surface area contributed by atoms with E-state index in [1.54, 1.807) is 0 Å². The standard InChI is InChI=1S/C11H7ClO5S2/c12-9-5-6-10(18-9)19(15,16)17-8-3-1-7(2-4-8)11(13)14/h1-6H,(H,13,14). The summed E-state index contributed by atoms with van der Waals surface area (Å²) in [7, 11) is -3.94. The summed E-state index contributed by atoms with van der Waals surface area (Å²) in [5.41, 5.74) is 0.0453. The third-order valence-corrected chi connectivity index (χ3v) is 5.03. The molecule has 0 bridgehead atoms. The summed E-state index contributed by atoms with van der Waals surface area (Å²) in [4.78, 5) is 10.6. The van der Waals surface area contributed by atoms with Crippen LogP contribution in [0.15, 0.2) is 40.6 Å². The van der Waals surface area contributed by atoms with Crippen LogP contribution in [0, 0.1) is 0 Å². The van der Waals surface area contributed by atoms with E-state index in [1.807, 2.05) is 0 Å². The minimum Gasteiger partial charge on any atom is -0.478 e. The zero-order valence-electron chi connectivity index (χ0n) is 9.24. The van der Waals surface area contributed by atoms with Crippen molar-refractivity contribution >= 4 is 39.0 Å². The van der Waals surface area contributed by atoms with Gasteiger partial charge in [0.1, 0.15) is 5.75 Å². The summed E-state index contributed by atoms with van der Waals surface area (Å²) < 4.78 is 28.9. The molecule has 0 aliphatic rings. The average molecular weight is 319 g/mol. The Labute approximate surface area is 118 Å². The number of thiophene rings is 1. The molecule has 2 rings (SSSR count). The van der Waals surface area contributed by atoms with Crippen LogP contribution >= 0.6 is 22.9 Å². The van der Waals surface area contributed by atoms with Gasteiger partial charge in [-0.1, -0.05) is 11.6 Å². The van der Waals surface area contributed by atoms with Crippen molar-refractivity contribution in [3.05, 3.63) is 46.3 Å². The Morgan fingerprint density at radius 2 is 1.79 bits per heavy atom. The van der Waals surface area contributed by atoms with Crippen molar-refractivity contribution in [2.45, 2.75) is 4.21 Å². The second kappa shape index (κ2) is 5.20. The first-order chi connectivity index (χ1) is 8.88. The average Bonchev–Trinajstić information content (AvgIpc) is 2.77. The second-order valence-corrected chi connectivity index (χ2v) is 6.91. The topological polar surface area (TPSA) is 80.7 Å². The van der Waals surface area contributed by atoms with Gasteiger partial charge in [-0.05, 0) is 36.4 Å². The van der Waals surface area contributed by atoms with Crippen LogP contribution in [0.4, 0.5) is 0 Å². The van der Waals surface area contributed by atoms with Crippen LogP contribution in [0.3, 0.4) is 0 Å². The molecule has 0 saturated carbocycles. The monoisotopic (exact) mass is 318 g/mol. The third kappa shape index (κ3) is 3.25. The molecule has 0 spiro atoms. The Morgan fingerprint density at radius 1 is 1.16 bits per heavy atom. The van der Waals surface area contributed by atoms with Crippen LogP contribution in [0.2, 0.25) is 4.34 Å². The van der Waals surface area contributed by atoms with Gasteiger partial charge >= 0.3 is 16.1 Å². The van der Waals surface area contributed by atoms with E-state index in [-0.39, 0.29) is 15.5 Å². The van der Waals surface area contributed by atoms with Gasteiger partial charge in [-0.25, -0.2) is 4.79 Å². The van der Waals surface area contributed by atoms with Gasteiger partial charge in [-0.2, -0.15) is 8.42 Å². The number of benzene rings is 1. The molecule has 5 nitrogen and oxygen atoms in total. The summed E-state index contributed by atoms with van der Waals surface area (Å²) in [6.45, 7) is 0. The maximum Gasteiger partial charge on any atom is 0.348 e. The zero-order valence-corrected chi connectivity index (χ0v) is 11.6. The van der Waals surface area contributed by atoms with Gasteiger partial charge in [0.25, 0.3) is 0 Å². The zero-order chi connectivity index (χ0) is 14.0. The Kier molecular flexibility index (Phi) is 3.79. The molecule has 0 amide bonds. The molecule has 0 atom stereocenters. The maximum absolute atomic E-state index is 11.8. The van der Waals surface area contributed by atoms with Gasteiger partial charge in [0, 0.05) is 0 Å². The summed E-state index contributed by atoms with van der Waals surface area (Å²) in [6, 6.07) is 7.86. The van der Waals surface area contributed by atoms with Gasteiger partial charge in [-0.15, -0.1) is 11.3 Å². The Bertz CT molecular complexity index is 703. The van der Waals surface area contributed by atoms with Crippen molar-refractivity contribution in [3.8, 4) is 5.75 Å². The first-order valence-electron chi connectivity index (χ1n) is 4.92. The first-order valence-corrected chi connectivity index (χ1v) is 7.52. The van der Waals surface area contributed by atoms with Crippen LogP contribution in [0.5, 0.6) is 5.75 Å². The number of hydrogen-bond acceptors (Lipinski definition) is 5. The molecule has 1 aromatic carbocycles. The number of hydrogen-bond donors (Lipinski definition) is 1. The SMILES string of the molecule is O=C(O)c1ccc(OS(=O)(=O)c2ccc(Cl)s2)cc1. The molecule has 0 radical (unpaired) electrons. The smallest absolute Gasteiger partial charge is 0.348 e. The van der Waals surface area contributed by atoms with Crippen molar-refractivity contribution in [3.63, 3.8) is 0 Å². The fourth-order valence-corrected chi connectivity index (χ4v) is 3.63. The predicted molar refractivity (Wildman–Crippen MR) is 70.5 cm³/mol. The van der Waals surface area contributed by atoms with Crippen molar-refractivity contribution in [1.29, 1.82) is 0 Å². The Hall–Kier alpha value is -1.57. The van der Waals surface area contributed by atoms with Gasteiger partial charge < -0.3 is 9.29 Å².